The summed E-state index contributed by atoms with van der Waals surface area (Å²) in [6.45, 7) is 1.74. The minimum absolute atomic E-state index is 0.212. The van der Waals surface area contributed by atoms with Crippen molar-refractivity contribution in [3.05, 3.63) is 34.6 Å². The molecule has 9 heteroatoms. The Bertz CT molecular complexity index is 613. The van der Waals surface area contributed by atoms with E-state index in [-0.39, 0.29) is 5.91 Å². The number of hydrogen-bond acceptors (Lipinski definition) is 5. The van der Waals surface area contributed by atoms with Crippen LogP contribution in [0.2, 0.25) is 10.0 Å². The minimum Gasteiger partial charge on any atom is -0.336 e. The van der Waals surface area contributed by atoms with E-state index in [9.17, 15) is 4.79 Å². The predicted octanol–water partition coefficient (Wildman–Crippen LogP) is 2.42. The van der Waals surface area contributed by atoms with Crippen molar-refractivity contribution in [3.8, 4) is 0 Å². The van der Waals surface area contributed by atoms with Crippen LogP contribution in [0.15, 0.2) is 29.7 Å². The maximum absolute atomic E-state index is 12.1. The molecule has 0 aliphatic carbocycles. The Morgan fingerprint density at radius 2 is 2.05 bits per heavy atom. The summed E-state index contributed by atoms with van der Waals surface area (Å²) in [4.78, 5) is 12.1. The lowest BCUT2D eigenvalue weighted by Crippen LogP contribution is -2.23. The first-order valence-electron chi connectivity index (χ1n) is 5.54. The smallest absolute Gasteiger partial charge is 0.237 e. The predicted molar refractivity (Wildman–Crippen MR) is 80.6 cm³/mol. The third kappa shape index (κ3) is 3.78. The highest BCUT2D eigenvalue weighted by Gasteiger charge is 2.17. The van der Waals surface area contributed by atoms with Crippen molar-refractivity contribution in [2.24, 2.45) is 0 Å². The molecule has 1 heterocycles. The third-order valence-electron chi connectivity index (χ3n) is 2.32. The van der Waals surface area contributed by atoms with Crippen LogP contribution in [0.5, 0.6) is 0 Å². The number of aromatic nitrogens is 3. The molecule has 0 aliphatic heterocycles. The zero-order valence-corrected chi connectivity index (χ0v) is 12.7. The summed E-state index contributed by atoms with van der Waals surface area (Å²) in [6.07, 6.45) is 1.36. The largest absolute Gasteiger partial charge is 0.336 e. The van der Waals surface area contributed by atoms with Crippen LogP contribution in [-0.2, 0) is 4.79 Å². The van der Waals surface area contributed by atoms with Gasteiger partial charge in [0.1, 0.15) is 6.33 Å². The summed E-state index contributed by atoms with van der Waals surface area (Å²) in [5, 5.41) is 11.1. The number of nitrogens with one attached hydrogen (secondary N) is 1. The van der Waals surface area contributed by atoms with Gasteiger partial charge in [-0.2, -0.15) is 0 Å². The van der Waals surface area contributed by atoms with Crippen molar-refractivity contribution < 1.29 is 4.79 Å². The molecular formula is C11H11Cl2N5OS. The van der Waals surface area contributed by atoms with E-state index in [4.69, 9.17) is 29.0 Å². The molecule has 20 heavy (non-hydrogen) atoms. The fourth-order valence-electron chi connectivity index (χ4n) is 1.40. The topological polar surface area (TPSA) is 85.8 Å². The van der Waals surface area contributed by atoms with Crippen molar-refractivity contribution in [1.82, 2.24) is 14.9 Å². The van der Waals surface area contributed by atoms with E-state index in [0.29, 0.717) is 20.9 Å². The quantitative estimate of drug-likeness (QED) is 0.663. The van der Waals surface area contributed by atoms with Gasteiger partial charge in [0.2, 0.25) is 11.1 Å². The van der Waals surface area contributed by atoms with Crippen LogP contribution in [0.1, 0.15) is 6.92 Å². The Hall–Kier alpha value is -1.44. The number of carbonyl (C=O) groups is 1. The minimum atomic E-state index is -0.403. The van der Waals surface area contributed by atoms with Crippen LogP contribution >= 0.6 is 35.0 Å². The average molecular weight is 332 g/mol. The van der Waals surface area contributed by atoms with Crippen LogP contribution < -0.4 is 11.2 Å². The van der Waals surface area contributed by atoms with Gasteiger partial charge < -0.3 is 11.2 Å². The molecule has 1 atom stereocenters. The lowest BCUT2D eigenvalue weighted by Gasteiger charge is -2.11. The molecule has 6 nitrogen and oxygen atoms in total. The summed E-state index contributed by atoms with van der Waals surface area (Å²) in [6, 6.07) is 4.83. The summed E-state index contributed by atoms with van der Waals surface area (Å²) in [5.41, 5.74) is 0.536. The number of amides is 1. The molecule has 106 valence electrons. The molecule has 0 bridgehead atoms. The Kier molecular flexibility index (Phi) is 4.74. The second kappa shape index (κ2) is 6.34. The molecule has 0 fully saturated rings. The number of rotatable bonds is 4. The summed E-state index contributed by atoms with van der Waals surface area (Å²) >= 11 is 12.9. The second-order valence-corrected chi connectivity index (χ2v) is 6.11. The highest BCUT2D eigenvalue weighted by atomic mass is 35.5. The first-order chi connectivity index (χ1) is 9.45. The number of hydrogen-bond donors (Lipinski definition) is 2. The zero-order chi connectivity index (χ0) is 14.7. The van der Waals surface area contributed by atoms with Crippen molar-refractivity contribution in [1.29, 1.82) is 0 Å². The van der Waals surface area contributed by atoms with Crippen LogP contribution in [0, 0.1) is 0 Å². The number of nitrogens with zero attached hydrogens (tertiary/aromatic N) is 3. The monoisotopic (exact) mass is 331 g/mol. The van der Waals surface area contributed by atoms with Gasteiger partial charge in [-0.3, -0.25) is 4.79 Å². The fourth-order valence-corrected chi connectivity index (χ4v) is 2.67. The van der Waals surface area contributed by atoms with E-state index >= 15 is 0 Å². The van der Waals surface area contributed by atoms with Gasteiger partial charge in [-0.25, -0.2) is 4.68 Å². The van der Waals surface area contributed by atoms with Gasteiger partial charge in [-0.05, 0) is 25.1 Å². The maximum atomic E-state index is 12.1. The number of nitrogen functional groups attached to an aromatic ring is 1. The van der Waals surface area contributed by atoms with Crippen molar-refractivity contribution in [3.63, 3.8) is 0 Å². The number of nitrogens with two attached hydrogens (primary N) is 1. The molecule has 1 aromatic carbocycles. The van der Waals surface area contributed by atoms with Crippen LogP contribution in [0.4, 0.5) is 5.69 Å². The number of carbonyl (C=O) groups excluding carboxylic acids is 1. The summed E-state index contributed by atoms with van der Waals surface area (Å²) < 4.78 is 1.25. The van der Waals surface area contributed by atoms with Crippen LogP contribution in [0.25, 0.3) is 0 Å². The molecule has 0 radical (unpaired) electrons. The molecule has 0 saturated carbocycles. The van der Waals surface area contributed by atoms with Gasteiger partial charge >= 0.3 is 0 Å². The van der Waals surface area contributed by atoms with Crippen LogP contribution in [0.3, 0.4) is 0 Å². The van der Waals surface area contributed by atoms with E-state index in [1.807, 2.05) is 0 Å². The lowest BCUT2D eigenvalue weighted by molar-refractivity contribution is -0.115. The lowest BCUT2D eigenvalue weighted by atomic mass is 10.3. The Morgan fingerprint density at radius 3 is 2.60 bits per heavy atom. The fraction of sp³-hybridized carbons (Fsp3) is 0.182. The Labute approximate surface area is 129 Å². The number of benzene rings is 1. The number of thioether (sulfide) groups is 1. The van der Waals surface area contributed by atoms with Gasteiger partial charge in [-0.1, -0.05) is 35.0 Å². The van der Waals surface area contributed by atoms with Crippen molar-refractivity contribution in [2.75, 3.05) is 11.2 Å². The summed E-state index contributed by atoms with van der Waals surface area (Å²) in [7, 11) is 0. The summed E-state index contributed by atoms with van der Waals surface area (Å²) in [5.74, 6) is 5.37. The Balaban J connectivity index is 2.02. The number of anilines is 1. The molecule has 2 aromatic rings. The standard InChI is InChI=1S/C11H11Cl2N5OS/c1-6(20-11-17-15-5-18(11)14)10(19)16-9-3-7(12)2-8(13)4-9/h2-6H,14H2,1H3,(H,16,19)/t6-/m0/s1. The zero-order valence-electron chi connectivity index (χ0n) is 10.4. The van der Waals surface area contributed by atoms with E-state index in [1.165, 1.54) is 22.8 Å². The molecule has 2 rings (SSSR count). The maximum Gasteiger partial charge on any atom is 0.237 e. The third-order valence-corrected chi connectivity index (χ3v) is 3.83. The molecule has 0 aliphatic rings. The average Bonchev–Trinajstić information content (AvgIpc) is 2.73. The highest BCUT2D eigenvalue weighted by Crippen LogP contribution is 2.24. The first-order valence-corrected chi connectivity index (χ1v) is 7.18. The molecule has 0 unspecified atom stereocenters. The van der Waals surface area contributed by atoms with Gasteiger partial charge in [-0.15, -0.1) is 10.2 Å². The van der Waals surface area contributed by atoms with Gasteiger partial charge in [0.15, 0.2) is 0 Å². The number of halogens is 2. The Morgan fingerprint density at radius 1 is 1.40 bits per heavy atom. The van der Waals surface area contributed by atoms with Gasteiger partial charge in [0.25, 0.3) is 0 Å². The van der Waals surface area contributed by atoms with Crippen molar-refractivity contribution >= 4 is 46.6 Å². The van der Waals surface area contributed by atoms with E-state index in [1.54, 1.807) is 25.1 Å². The molecule has 1 aromatic heterocycles. The normalized spacial score (nSPS) is 12.2. The van der Waals surface area contributed by atoms with Gasteiger partial charge in [0, 0.05) is 15.7 Å². The highest BCUT2D eigenvalue weighted by molar-refractivity contribution is 8.00. The molecule has 1 amide bonds. The molecule has 3 N–H and O–H groups in total. The van der Waals surface area contributed by atoms with Crippen LogP contribution in [-0.4, -0.2) is 26.0 Å². The van der Waals surface area contributed by atoms with E-state index in [2.05, 4.69) is 15.5 Å². The van der Waals surface area contributed by atoms with Crippen molar-refractivity contribution in [2.45, 2.75) is 17.3 Å². The second-order valence-electron chi connectivity index (χ2n) is 3.93. The van der Waals surface area contributed by atoms with E-state index < -0.39 is 5.25 Å². The van der Waals surface area contributed by atoms with Gasteiger partial charge in [0.05, 0.1) is 5.25 Å². The SMILES string of the molecule is C[C@H](Sc1nncn1N)C(=O)Nc1cc(Cl)cc(Cl)c1. The molecular weight excluding hydrogens is 321 g/mol. The van der Waals surface area contributed by atoms with E-state index in [0.717, 1.165) is 0 Å². The molecule has 0 spiro atoms. The first kappa shape index (κ1) is 15.0. The molecule has 0 saturated heterocycles.